The van der Waals surface area contributed by atoms with Crippen molar-refractivity contribution in [2.45, 2.75) is 6.17 Å². The summed E-state index contributed by atoms with van der Waals surface area (Å²) in [6, 6.07) is 7.10. The van der Waals surface area contributed by atoms with Crippen molar-refractivity contribution in [3.05, 3.63) is 29.8 Å². The van der Waals surface area contributed by atoms with Crippen molar-refractivity contribution in [2.24, 2.45) is 10.2 Å². The Morgan fingerprint density at radius 1 is 1.20 bits per heavy atom. The molecule has 1 heterocycles. The van der Waals surface area contributed by atoms with E-state index < -0.39 is 0 Å². The van der Waals surface area contributed by atoms with E-state index in [9.17, 15) is 5.11 Å². The summed E-state index contributed by atoms with van der Waals surface area (Å²) in [5.41, 5.74) is 0.794. The number of hydrogen-bond donors (Lipinski definition) is 1. The molecule has 1 aromatic rings. The van der Waals surface area contributed by atoms with Crippen LogP contribution in [-0.2, 0) is 0 Å². The first-order chi connectivity index (χ1) is 4.88. The molecule has 2 rings (SSSR count). The first-order valence-corrected chi connectivity index (χ1v) is 3.06. The molecule has 0 aliphatic carbocycles. The van der Waals surface area contributed by atoms with Crippen LogP contribution in [-0.4, -0.2) is 5.11 Å². The van der Waals surface area contributed by atoms with E-state index in [1.165, 1.54) is 0 Å². The fraction of sp³-hybridized carbons (Fsp3) is 0.143. The third kappa shape index (κ3) is 0.757. The normalized spacial score (nSPS) is 15.6. The van der Waals surface area contributed by atoms with Crippen LogP contribution < -0.4 is 0 Å². The lowest BCUT2D eigenvalue weighted by Gasteiger charge is -1.96. The van der Waals surface area contributed by atoms with Crippen LogP contribution in [0.15, 0.2) is 34.5 Å². The maximum atomic E-state index is 9.20. The van der Waals surface area contributed by atoms with Crippen molar-refractivity contribution < 1.29 is 5.11 Å². The van der Waals surface area contributed by atoms with E-state index in [2.05, 4.69) is 10.2 Å². The number of hydrogen-bond acceptors (Lipinski definition) is 3. The van der Waals surface area contributed by atoms with Crippen LogP contribution >= 0.6 is 0 Å². The zero-order valence-corrected chi connectivity index (χ0v) is 5.23. The smallest absolute Gasteiger partial charge is 0.209 e. The standard InChI is InChI=1S/C7H6N2O/c10-6-4-2-1-3-5(6)7-8-9-7/h1-4,7,10H. The summed E-state index contributed by atoms with van der Waals surface area (Å²) < 4.78 is 0. The second-order valence-corrected chi connectivity index (χ2v) is 2.16. The van der Waals surface area contributed by atoms with Gasteiger partial charge in [-0.05, 0) is 6.07 Å². The Balaban J connectivity index is 2.39. The number of benzene rings is 1. The molecule has 0 aromatic heterocycles. The van der Waals surface area contributed by atoms with Gasteiger partial charge in [-0.1, -0.05) is 18.2 Å². The molecule has 1 aliphatic heterocycles. The Hall–Kier alpha value is -1.38. The minimum Gasteiger partial charge on any atom is -0.508 e. The molecule has 50 valence electrons. The first-order valence-electron chi connectivity index (χ1n) is 3.06. The van der Waals surface area contributed by atoms with E-state index in [1.54, 1.807) is 12.1 Å². The summed E-state index contributed by atoms with van der Waals surface area (Å²) in [7, 11) is 0. The van der Waals surface area contributed by atoms with Crippen LogP contribution in [0, 0.1) is 0 Å². The second-order valence-electron chi connectivity index (χ2n) is 2.16. The van der Waals surface area contributed by atoms with Gasteiger partial charge in [0.2, 0.25) is 6.17 Å². The molecule has 0 bridgehead atoms. The van der Waals surface area contributed by atoms with Gasteiger partial charge in [0, 0.05) is 5.56 Å². The molecular weight excluding hydrogens is 128 g/mol. The summed E-state index contributed by atoms with van der Waals surface area (Å²) in [4.78, 5) is 0. The van der Waals surface area contributed by atoms with Crippen molar-refractivity contribution >= 4 is 0 Å². The van der Waals surface area contributed by atoms with Crippen LogP contribution in [0.3, 0.4) is 0 Å². The molecule has 1 aromatic carbocycles. The molecule has 10 heavy (non-hydrogen) atoms. The molecule has 0 radical (unpaired) electrons. The van der Waals surface area contributed by atoms with Gasteiger partial charge < -0.3 is 5.11 Å². The van der Waals surface area contributed by atoms with Crippen molar-refractivity contribution in [1.82, 2.24) is 0 Å². The Morgan fingerprint density at radius 3 is 2.50 bits per heavy atom. The van der Waals surface area contributed by atoms with Crippen LogP contribution in [0.25, 0.3) is 0 Å². The molecule has 0 fully saturated rings. The van der Waals surface area contributed by atoms with Gasteiger partial charge in [0.1, 0.15) is 5.75 Å². The maximum Gasteiger partial charge on any atom is 0.209 e. The minimum absolute atomic E-state index is 0.0961. The van der Waals surface area contributed by atoms with E-state index in [0.29, 0.717) is 0 Å². The van der Waals surface area contributed by atoms with Crippen molar-refractivity contribution in [1.29, 1.82) is 0 Å². The predicted octanol–water partition coefficient (Wildman–Crippen LogP) is 1.86. The van der Waals surface area contributed by atoms with E-state index in [1.807, 2.05) is 12.1 Å². The maximum absolute atomic E-state index is 9.20. The molecule has 1 aliphatic rings. The highest BCUT2D eigenvalue weighted by Gasteiger charge is 2.20. The summed E-state index contributed by atoms with van der Waals surface area (Å²) in [6.45, 7) is 0. The Labute approximate surface area is 58.0 Å². The van der Waals surface area contributed by atoms with Crippen molar-refractivity contribution in [3.8, 4) is 5.75 Å². The molecule has 1 N–H and O–H groups in total. The number of aromatic hydroxyl groups is 1. The fourth-order valence-electron chi connectivity index (χ4n) is 0.864. The van der Waals surface area contributed by atoms with Crippen LogP contribution in [0.4, 0.5) is 0 Å². The summed E-state index contributed by atoms with van der Waals surface area (Å²) in [5, 5.41) is 16.6. The Kier molecular flexibility index (Phi) is 0.974. The minimum atomic E-state index is -0.0961. The molecule has 0 saturated heterocycles. The topological polar surface area (TPSA) is 45.0 Å². The molecular formula is C7H6N2O. The van der Waals surface area contributed by atoms with Crippen molar-refractivity contribution in [2.75, 3.05) is 0 Å². The van der Waals surface area contributed by atoms with E-state index in [4.69, 9.17) is 0 Å². The summed E-state index contributed by atoms with van der Waals surface area (Å²) >= 11 is 0. The second kappa shape index (κ2) is 1.80. The van der Waals surface area contributed by atoms with Crippen molar-refractivity contribution in [3.63, 3.8) is 0 Å². The predicted molar refractivity (Wildman–Crippen MR) is 35.7 cm³/mol. The quantitative estimate of drug-likeness (QED) is 0.625. The van der Waals surface area contributed by atoms with E-state index in [-0.39, 0.29) is 11.9 Å². The molecule has 3 heteroatoms. The lowest BCUT2D eigenvalue weighted by Crippen LogP contribution is -1.78. The van der Waals surface area contributed by atoms with Gasteiger partial charge in [0.15, 0.2) is 0 Å². The third-order valence-electron chi connectivity index (χ3n) is 1.45. The van der Waals surface area contributed by atoms with Gasteiger partial charge >= 0.3 is 0 Å². The van der Waals surface area contributed by atoms with Gasteiger partial charge in [-0.3, -0.25) is 0 Å². The van der Waals surface area contributed by atoms with Gasteiger partial charge in [-0.2, -0.15) is 10.2 Å². The van der Waals surface area contributed by atoms with Crippen LogP contribution in [0.2, 0.25) is 0 Å². The average molecular weight is 134 g/mol. The van der Waals surface area contributed by atoms with Gasteiger partial charge in [0.05, 0.1) is 0 Å². The fourth-order valence-corrected chi connectivity index (χ4v) is 0.864. The lowest BCUT2D eigenvalue weighted by molar-refractivity contribution is 0.467. The van der Waals surface area contributed by atoms with E-state index in [0.717, 1.165) is 5.56 Å². The molecule has 0 unspecified atom stereocenters. The molecule has 0 spiro atoms. The van der Waals surface area contributed by atoms with Crippen LogP contribution in [0.1, 0.15) is 11.7 Å². The highest BCUT2D eigenvalue weighted by molar-refractivity contribution is 5.35. The summed E-state index contributed by atoms with van der Waals surface area (Å²) in [5.74, 6) is 0.275. The van der Waals surface area contributed by atoms with Gasteiger partial charge in [-0.25, -0.2) is 0 Å². The highest BCUT2D eigenvalue weighted by Crippen LogP contribution is 2.35. The largest absolute Gasteiger partial charge is 0.508 e. The van der Waals surface area contributed by atoms with Gasteiger partial charge in [-0.15, -0.1) is 0 Å². The number of phenolic OH excluding ortho intramolecular Hbond substituents is 1. The van der Waals surface area contributed by atoms with Crippen LogP contribution in [0.5, 0.6) is 5.75 Å². The van der Waals surface area contributed by atoms with E-state index >= 15 is 0 Å². The molecule has 0 saturated carbocycles. The SMILES string of the molecule is Oc1ccccc1C1N=N1. The lowest BCUT2D eigenvalue weighted by atomic mass is 10.2. The number of nitrogens with zero attached hydrogens (tertiary/aromatic N) is 2. The summed E-state index contributed by atoms with van der Waals surface area (Å²) in [6.07, 6.45) is -0.0961. The molecule has 3 nitrogen and oxygen atoms in total. The Morgan fingerprint density at radius 2 is 1.90 bits per heavy atom. The first kappa shape index (κ1) is 5.41. The third-order valence-corrected chi connectivity index (χ3v) is 1.45. The average Bonchev–Trinajstić information content (AvgIpc) is 2.71. The zero-order chi connectivity index (χ0) is 6.97. The number of phenols is 1. The Bertz CT molecular complexity index is 277. The number of para-hydroxylation sites is 1. The van der Waals surface area contributed by atoms with Gasteiger partial charge in [0.25, 0.3) is 0 Å². The number of rotatable bonds is 1. The molecule has 0 atom stereocenters. The zero-order valence-electron chi connectivity index (χ0n) is 5.23. The monoisotopic (exact) mass is 134 g/mol. The molecule has 0 amide bonds. The highest BCUT2D eigenvalue weighted by atomic mass is 16.3.